The minimum Gasteiger partial charge on any atom is -0.312 e. The average Bonchev–Trinajstić information content (AvgIpc) is 2.63. The molecular weight excluding hydrogens is 150 g/mol. The lowest BCUT2D eigenvalue weighted by molar-refractivity contribution is 0.476. The largest absolute Gasteiger partial charge is 0.312 e. The molecule has 1 aromatic heterocycles. The standard InChI is InChI=1S/C9H15N3/c1-8-5-11-12(6-8)7-9-3-2-4-10-9/h5-6,9-10H,2-4,7H2,1H3/t9-/m1/s1. The van der Waals surface area contributed by atoms with Crippen LogP contribution in [0.1, 0.15) is 18.4 Å². The molecule has 1 saturated heterocycles. The van der Waals surface area contributed by atoms with Crippen molar-refractivity contribution in [2.75, 3.05) is 6.54 Å². The smallest absolute Gasteiger partial charge is 0.0562 e. The van der Waals surface area contributed by atoms with E-state index in [1.54, 1.807) is 0 Å². The zero-order valence-electron chi connectivity index (χ0n) is 7.45. The first-order valence-corrected chi connectivity index (χ1v) is 4.57. The molecule has 3 nitrogen and oxygen atoms in total. The van der Waals surface area contributed by atoms with E-state index in [1.807, 2.05) is 10.9 Å². The lowest BCUT2D eigenvalue weighted by atomic mass is 10.2. The van der Waals surface area contributed by atoms with Gasteiger partial charge in [0.05, 0.1) is 12.7 Å². The third-order valence-electron chi connectivity index (χ3n) is 2.33. The minimum atomic E-state index is 0.643. The van der Waals surface area contributed by atoms with E-state index in [0.717, 1.165) is 6.54 Å². The van der Waals surface area contributed by atoms with E-state index in [-0.39, 0.29) is 0 Å². The summed E-state index contributed by atoms with van der Waals surface area (Å²) in [5, 5.41) is 7.71. The van der Waals surface area contributed by atoms with Gasteiger partial charge in [0.25, 0.3) is 0 Å². The topological polar surface area (TPSA) is 29.9 Å². The van der Waals surface area contributed by atoms with Gasteiger partial charge in [0.2, 0.25) is 0 Å². The molecule has 3 heteroatoms. The second kappa shape index (κ2) is 3.27. The lowest BCUT2D eigenvalue weighted by Gasteiger charge is -2.09. The fourth-order valence-corrected chi connectivity index (χ4v) is 1.71. The number of aryl methyl sites for hydroxylation is 1. The Morgan fingerprint density at radius 3 is 3.25 bits per heavy atom. The van der Waals surface area contributed by atoms with E-state index in [0.29, 0.717) is 6.04 Å². The third kappa shape index (κ3) is 1.67. The summed E-state index contributed by atoms with van der Waals surface area (Å²) in [6.45, 7) is 4.27. The molecule has 0 spiro atoms. The zero-order chi connectivity index (χ0) is 8.39. The van der Waals surface area contributed by atoms with Crippen molar-refractivity contribution in [3.05, 3.63) is 18.0 Å². The molecule has 66 valence electrons. The molecule has 0 amide bonds. The quantitative estimate of drug-likeness (QED) is 0.707. The maximum Gasteiger partial charge on any atom is 0.0562 e. The van der Waals surface area contributed by atoms with Gasteiger partial charge in [-0.1, -0.05) is 0 Å². The highest BCUT2D eigenvalue weighted by Crippen LogP contribution is 2.07. The highest BCUT2D eigenvalue weighted by atomic mass is 15.3. The lowest BCUT2D eigenvalue weighted by Crippen LogP contribution is -2.26. The van der Waals surface area contributed by atoms with Gasteiger partial charge < -0.3 is 5.32 Å². The summed E-state index contributed by atoms with van der Waals surface area (Å²) < 4.78 is 2.03. The summed E-state index contributed by atoms with van der Waals surface area (Å²) in [7, 11) is 0. The molecular formula is C9H15N3. The Morgan fingerprint density at radius 1 is 1.75 bits per heavy atom. The molecule has 0 unspecified atom stereocenters. The molecule has 2 heterocycles. The molecule has 0 saturated carbocycles. The number of rotatable bonds is 2. The highest BCUT2D eigenvalue weighted by molar-refractivity contribution is 4.99. The summed E-state index contributed by atoms with van der Waals surface area (Å²) in [6.07, 6.45) is 6.61. The molecule has 0 bridgehead atoms. The molecule has 1 aliphatic heterocycles. The van der Waals surface area contributed by atoms with Gasteiger partial charge in [0.1, 0.15) is 0 Å². The fourth-order valence-electron chi connectivity index (χ4n) is 1.71. The van der Waals surface area contributed by atoms with Crippen molar-refractivity contribution in [2.45, 2.75) is 32.4 Å². The highest BCUT2D eigenvalue weighted by Gasteiger charge is 2.14. The van der Waals surface area contributed by atoms with Crippen LogP contribution in [-0.4, -0.2) is 22.4 Å². The normalized spacial score (nSPS) is 23.2. The van der Waals surface area contributed by atoms with E-state index in [2.05, 4.69) is 23.5 Å². The van der Waals surface area contributed by atoms with Gasteiger partial charge in [0.15, 0.2) is 0 Å². The van der Waals surface area contributed by atoms with Crippen molar-refractivity contribution in [1.29, 1.82) is 0 Å². The monoisotopic (exact) mass is 165 g/mol. The number of hydrogen-bond donors (Lipinski definition) is 1. The molecule has 0 aliphatic carbocycles. The Balaban J connectivity index is 1.94. The first kappa shape index (κ1) is 7.80. The van der Waals surface area contributed by atoms with Crippen LogP contribution in [-0.2, 0) is 6.54 Å². The van der Waals surface area contributed by atoms with Gasteiger partial charge in [-0.05, 0) is 31.9 Å². The first-order valence-electron chi connectivity index (χ1n) is 4.57. The predicted octanol–water partition coefficient (Wildman–Crippen LogP) is 0.944. The van der Waals surface area contributed by atoms with E-state index >= 15 is 0 Å². The zero-order valence-corrected chi connectivity index (χ0v) is 7.45. The van der Waals surface area contributed by atoms with Gasteiger partial charge in [0, 0.05) is 12.2 Å². The molecule has 12 heavy (non-hydrogen) atoms. The van der Waals surface area contributed by atoms with E-state index in [9.17, 15) is 0 Å². The maximum atomic E-state index is 4.26. The van der Waals surface area contributed by atoms with Crippen LogP contribution in [0.25, 0.3) is 0 Å². The minimum absolute atomic E-state index is 0.643. The van der Waals surface area contributed by atoms with Crippen molar-refractivity contribution in [3.63, 3.8) is 0 Å². The molecule has 1 N–H and O–H groups in total. The van der Waals surface area contributed by atoms with Gasteiger partial charge >= 0.3 is 0 Å². The van der Waals surface area contributed by atoms with Crippen LogP contribution < -0.4 is 5.32 Å². The maximum absolute atomic E-state index is 4.26. The van der Waals surface area contributed by atoms with Gasteiger partial charge in [-0.15, -0.1) is 0 Å². The molecule has 0 aromatic carbocycles. The molecule has 1 fully saturated rings. The Morgan fingerprint density at radius 2 is 2.67 bits per heavy atom. The molecule has 2 rings (SSSR count). The number of nitrogens with one attached hydrogen (secondary N) is 1. The Bertz CT molecular complexity index is 248. The van der Waals surface area contributed by atoms with Crippen molar-refractivity contribution in [2.24, 2.45) is 0 Å². The number of hydrogen-bond acceptors (Lipinski definition) is 2. The van der Waals surface area contributed by atoms with Crippen molar-refractivity contribution >= 4 is 0 Å². The third-order valence-corrected chi connectivity index (χ3v) is 2.33. The van der Waals surface area contributed by atoms with Crippen LogP contribution in [0.15, 0.2) is 12.4 Å². The number of nitrogens with zero attached hydrogens (tertiary/aromatic N) is 2. The average molecular weight is 165 g/mol. The summed E-state index contributed by atoms with van der Waals surface area (Å²) in [5.41, 5.74) is 1.24. The number of aromatic nitrogens is 2. The first-order chi connectivity index (χ1) is 5.84. The van der Waals surface area contributed by atoms with Crippen LogP contribution in [0.4, 0.5) is 0 Å². The molecule has 1 atom stereocenters. The summed E-state index contributed by atoms with van der Waals surface area (Å²) >= 11 is 0. The van der Waals surface area contributed by atoms with Gasteiger partial charge in [-0.25, -0.2) is 0 Å². The molecule has 1 aliphatic rings. The van der Waals surface area contributed by atoms with Crippen molar-refractivity contribution < 1.29 is 0 Å². The van der Waals surface area contributed by atoms with E-state index in [1.165, 1.54) is 24.9 Å². The Hall–Kier alpha value is -0.830. The van der Waals surface area contributed by atoms with Crippen LogP contribution in [0.5, 0.6) is 0 Å². The van der Waals surface area contributed by atoms with E-state index in [4.69, 9.17) is 0 Å². The van der Waals surface area contributed by atoms with Crippen LogP contribution >= 0.6 is 0 Å². The van der Waals surface area contributed by atoms with Gasteiger partial charge in [-0.3, -0.25) is 4.68 Å². The molecule has 0 radical (unpaired) electrons. The Kier molecular flexibility index (Phi) is 2.13. The van der Waals surface area contributed by atoms with Crippen molar-refractivity contribution in [3.8, 4) is 0 Å². The SMILES string of the molecule is Cc1cnn(C[C@H]2CCCN2)c1. The van der Waals surface area contributed by atoms with Crippen LogP contribution in [0, 0.1) is 6.92 Å². The predicted molar refractivity (Wildman–Crippen MR) is 48.0 cm³/mol. The Labute approximate surface area is 72.8 Å². The fraction of sp³-hybridized carbons (Fsp3) is 0.667. The summed E-state index contributed by atoms with van der Waals surface area (Å²) in [4.78, 5) is 0. The second-order valence-corrected chi connectivity index (χ2v) is 3.53. The summed E-state index contributed by atoms with van der Waals surface area (Å²) in [6, 6.07) is 0.643. The van der Waals surface area contributed by atoms with Crippen LogP contribution in [0.2, 0.25) is 0 Å². The van der Waals surface area contributed by atoms with Crippen molar-refractivity contribution in [1.82, 2.24) is 15.1 Å². The second-order valence-electron chi connectivity index (χ2n) is 3.53. The summed E-state index contributed by atoms with van der Waals surface area (Å²) in [5.74, 6) is 0. The van der Waals surface area contributed by atoms with E-state index < -0.39 is 0 Å². The van der Waals surface area contributed by atoms with Crippen LogP contribution in [0.3, 0.4) is 0 Å². The molecule has 1 aromatic rings. The van der Waals surface area contributed by atoms with Gasteiger partial charge in [-0.2, -0.15) is 5.10 Å².